The summed E-state index contributed by atoms with van der Waals surface area (Å²) in [5, 5.41) is 0. The van der Waals surface area contributed by atoms with Crippen molar-refractivity contribution in [2.24, 2.45) is 0 Å². The van der Waals surface area contributed by atoms with Crippen LogP contribution in [0.15, 0.2) is 0 Å². The standard InChI is InChI=1S/C9H13FO4/c1-9(2)13-7-5(10)6(4-3-11-4)12-8(7)14-9/h4-8H,3H2,1-2H3/t4-,5-,6+,7+,8+/m0/s1. The first-order valence-corrected chi connectivity index (χ1v) is 4.84. The number of epoxide rings is 1. The van der Waals surface area contributed by atoms with E-state index in [0.29, 0.717) is 6.61 Å². The van der Waals surface area contributed by atoms with Gasteiger partial charge in [-0.1, -0.05) is 0 Å². The van der Waals surface area contributed by atoms with Gasteiger partial charge in [-0.25, -0.2) is 4.39 Å². The summed E-state index contributed by atoms with van der Waals surface area (Å²) in [6.07, 6.45) is -2.94. The molecule has 0 bridgehead atoms. The van der Waals surface area contributed by atoms with Gasteiger partial charge in [-0.3, -0.25) is 0 Å². The molecular formula is C9H13FO4. The molecule has 3 aliphatic rings. The first kappa shape index (κ1) is 9.03. The quantitative estimate of drug-likeness (QED) is 0.586. The van der Waals surface area contributed by atoms with E-state index in [1.54, 1.807) is 13.8 Å². The number of ether oxygens (including phenoxy) is 4. The number of hydrogen-bond acceptors (Lipinski definition) is 4. The average Bonchev–Trinajstić information content (AvgIpc) is 2.81. The molecule has 0 aromatic carbocycles. The molecule has 3 saturated heterocycles. The van der Waals surface area contributed by atoms with E-state index in [-0.39, 0.29) is 6.10 Å². The summed E-state index contributed by atoms with van der Waals surface area (Å²) in [6.45, 7) is 4.09. The minimum absolute atomic E-state index is 0.106. The predicted octanol–water partition coefficient (Wildman–Crippen LogP) is 0.600. The average molecular weight is 204 g/mol. The molecule has 5 atom stereocenters. The van der Waals surface area contributed by atoms with Crippen molar-refractivity contribution in [1.82, 2.24) is 0 Å². The minimum Gasteiger partial charge on any atom is -0.370 e. The van der Waals surface area contributed by atoms with Crippen LogP contribution in [0.1, 0.15) is 13.8 Å². The van der Waals surface area contributed by atoms with Gasteiger partial charge < -0.3 is 18.9 Å². The summed E-state index contributed by atoms with van der Waals surface area (Å²) in [7, 11) is 0. The Morgan fingerprint density at radius 3 is 2.50 bits per heavy atom. The molecule has 0 N–H and O–H groups in total. The molecule has 0 aliphatic carbocycles. The number of hydrogen-bond donors (Lipinski definition) is 0. The van der Waals surface area contributed by atoms with Gasteiger partial charge in [-0.2, -0.15) is 0 Å². The highest BCUT2D eigenvalue weighted by molar-refractivity contribution is 4.99. The van der Waals surface area contributed by atoms with Gasteiger partial charge in [0.15, 0.2) is 18.2 Å². The van der Waals surface area contributed by atoms with Crippen LogP contribution in [0.2, 0.25) is 0 Å². The van der Waals surface area contributed by atoms with E-state index in [0.717, 1.165) is 0 Å². The SMILES string of the molecule is CC1(C)O[C@H]2O[C@H]([C@@H]3CO3)[C@H](F)[C@H]2O1. The molecule has 0 unspecified atom stereocenters. The molecule has 0 aromatic heterocycles. The van der Waals surface area contributed by atoms with Gasteiger partial charge in [-0.05, 0) is 13.8 Å². The third-order valence-electron chi connectivity index (χ3n) is 2.73. The van der Waals surface area contributed by atoms with Crippen LogP contribution >= 0.6 is 0 Å². The lowest BCUT2D eigenvalue weighted by Gasteiger charge is -2.21. The molecule has 3 fully saturated rings. The van der Waals surface area contributed by atoms with Crippen molar-refractivity contribution < 1.29 is 23.3 Å². The van der Waals surface area contributed by atoms with Crippen molar-refractivity contribution in [3.8, 4) is 0 Å². The molecule has 5 heteroatoms. The highest BCUT2D eigenvalue weighted by Gasteiger charge is 2.59. The van der Waals surface area contributed by atoms with Gasteiger partial charge in [0.05, 0.1) is 6.61 Å². The van der Waals surface area contributed by atoms with Crippen LogP contribution in [-0.4, -0.2) is 43.2 Å². The molecule has 4 nitrogen and oxygen atoms in total. The van der Waals surface area contributed by atoms with E-state index in [4.69, 9.17) is 18.9 Å². The second-order valence-electron chi connectivity index (χ2n) is 4.39. The van der Waals surface area contributed by atoms with Crippen LogP contribution in [-0.2, 0) is 18.9 Å². The van der Waals surface area contributed by atoms with Gasteiger partial charge in [0.25, 0.3) is 0 Å². The van der Waals surface area contributed by atoms with E-state index in [9.17, 15) is 4.39 Å². The number of rotatable bonds is 1. The zero-order chi connectivity index (χ0) is 9.92. The Labute approximate surface area is 81.3 Å². The number of alkyl halides is 1. The van der Waals surface area contributed by atoms with Crippen LogP contribution in [0.5, 0.6) is 0 Å². The fourth-order valence-corrected chi connectivity index (χ4v) is 2.03. The van der Waals surface area contributed by atoms with Crippen LogP contribution in [0.3, 0.4) is 0 Å². The molecule has 3 rings (SSSR count). The maximum Gasteiger partial charge on any atom is 0.190 e. The second kappa shape index (κ2) is 2.66. The zero-order valence-electron chi connectivity index (χ0n) is 8.10. The topological polar surface area (TPSA) is 40.2 Å². The number of halogens is 1. The lowest BCUT2D eigenvalue weighted by Crippen LogP contribution is -2.34. The first-order chi connectivity index (χ1) is 6.57. The molecule has 0 saturated carbocycles. The molecule has 14 heavy (non-hydrogen) atoms. The Hall–Kier alpha value is -0.230. The van der Waals surface area contributed by atoms with Crippen molar-refractivity contribution in [3.05, 3.63) is 0 Å². The Morgan fingerprint density at radius 2 is 1.93 bits per heavy atom. The van der Waals surface area contributed by atoms with Gasteiger partial charge in [-0.15, -0.1) is 0 Å². The second-order valence-corrected chi connectivity index (χ2v) is 4.39. The van der Waals surface area contributed by atoms with Crippen molar-refractivity contribution in [2.75, 3.05) is 6.61 Å². The summed E-state index contributed by atoms with van der Waals surface area (Å²) >= 11 is 0. The van der Waals surface area contributed by atoms with Gasteiger partial charge in [0.2, 0.25) is 0 Å². The fraction of sp³-hybridized carbons (Fsp3) is 1.00. The summed E-state index contributed by atoms with van der Waals surface area (Å²) in [6, 6.07) is 0. The van der Waals surface area contributed by atoms with E-state index in [1.165, 1.54) is 0 Å². The maximum atomic E-state index is 13.8. The summed E-state index contributed by atoms with van der Waals surface area (Å²) in [4.78, 5) is 0. The molecular weight excluding hydrogens is 191 g/mol. The smallest absolute Gasteiger partial charge is 0.190 e. The minimum atomic E-state index is -1.14. The highest BCUT2D eigenvalue weighted by Crippen LogP contribution is 2.41. The Morgan fingerprint density at radius 1 is 1.21 bits per heavy atom. The van der Waals surface area contributed by atoms with Crippen molar-refractivity contribution in [1.29, 1.82) is 0 Å². The van der Waals surface area contributed by atoms with Crippen molar-refractivity contribution in [3.63, 3.8) is 0 Å². The predicted molar refractivity (Wildman–Crippen MR) is 43.3 cm³/mol. The summed E-state index contributed by atoms with van der Waals surface area (Å²) in [5.74, 6) is -0.741. The maximum absolute atomic E-state index is 13.8. The van der Waals surface area contributed by atoms with E-state index in [1.807, 2.05) is 0 Å². The van der Waals surface area contributed by atoms with Crippen LogP contribution in [0, 0.1) is 0 Å². The van der Waals surface area contributed by atoms with Crippen molar-refractivity contribution in [2.45, 2.75) is 50.4 Å². The Kier molecular flexibility index (Phi) is 1.72. The van der Waals surface area contributed by atoms with Crippen LogP contribution in [0.4, 0.5) is 4.39 Å². The lowest BCUT2D eigenvalue weighted by molar-refractivity contribution is -0.212. The molecule has 80 valence electrons. The monoisotopic (exact) mass is 204 g/mol. The summed E-state index contributed by atoms with van der Waals surface area (Å²) < 4.78 is 35.0. The number of fused-ring (bicyclic) bond motifs is 1. The van der Waals surface area contributed by atoms with Crippen LogP contribution in [0.25, 0.3) is 0 Å². The summed E-state index contributed by atoms with van der Waals surface area (Å²) in [5.41, 5.74) is 0. The van der Waals surface area contributed by atoms with E-state index < -0.39 is 30.5 Å². The van der Waals surface area contributed by atoms with Gasteiger partial charge >= 0.3 is 0 Å². The van der Waals surface area contributed by atoms with Crippen LogP contribution < -0.4 is 0 Å². The largest absolute Gasteiger partial charge is 0.370 e. The highest BCUT2D eigenvalue weighted by atomic mass is 19.1. The molecule has 0 aromatic rings. The normalized spacial score (nSPS) is 54.6. The van der Waals surface area contributed by atoms with E-state index >= 15 is 0 Å². The zero-order valence-corrected chi connectivity index (χ0v) is 8.10. The molecule has 0 spiro atoms. The van der Waals surface area contributed by atoms with Gasteiger partial charge in [0.1, 0.15) is 18.3 Å². The lowest BCUT2D eigenvalue weighted by atomic mass is 10.1. The molecule has 0 radical (unpaired) electrons. The third-order valence-corrected chi connectivity index (χ3v) is 2.73. The van der Waals surface area contributed by atoms with Crippen molar-refractivity contribution >= 4 is 0 Å². The Bertz CT molecular complexity index is 251. The molecule has 3 heterocycles. The van der Waals surface area contributed by atoms with E-state index in [2.05, 4.69) is 0 Å². The van der Waals surface area contributed by atoms with Gasteiger partial charge in [0, 0.05) is 0 Å². The first-order valence-electron chi connectivity index (χ1n) is 4.84. The molecule has 3 aliphatic heterocycles. The molecule has 0 amide bonds. The third kappa shape index (κ3) is 1.27. The fourth-order valence-electron chi connectivity index (χ4n) is 2.03. The Balaban J connectivity index is 1.74.